The number of carboxylic acids is 1. The molecule has 1 N–H and O–H groups in total. The highest BCUT2D eigenvalue weighted by molar-refractivity contribution is 5.80. The van der Waals surface area contributed by atoms with Crippen molar-refractivity contribution >= 4 is 5.97 Å². The summed E-state index contributed by atoms with van der Waals surface area (Å²) in [7, 11) is 1.92. The number of carboxylic acid groups (broad SMARTS) is 1. The molecular formula is C15H21NO2. The number of likely N-dealkylation sites (N-methyl/N-ethyl adjacent to an activating group) is 1. The lowest BCUT2D eigenvalue weighted by Gasteiger charge is -2.39. The van der Waals surface area contributed by atoms with Gasteiger partial charge in [0, 0.05) is 6.54 Å². The van der Waals surface area contributed by atoms with Gasteiger partial charge in [0.05, 0.1) is 0 Å². The molecule has 1 saturated carbocycles. The van der Waals surface area contributed by atoms with Crippen molar-refractivity contribution in [3.05, 3.63) is 35.9 Å². The molecule has 0 saturated heterocycles. The average Bonchev–Trinajstić information content (AvgIpc) is 2.33. The molecule has 3 heteroatoms. The number of carbonyl (C=O) groups is 1. The number of aliphatic carboxylic acids is 1. The van der Waals surface area contributed by atoms with Gasteiger partial charge >= 0.3 is 5.97 Å². The molecule has 1 unspecified atom stereocenters. The first kappa shape index (κ1) is 13.1. The standard InChI is InChI=1S/C15H21NO2/c1-15(14(17)18,13-9-4-3-5-10-13)16(2)11-12-7-6-8-12/h3-5,9-10,12H,6-8,11H2,1-2H3,(H,17,18). The second kappa shape index (κ2) is 5.11. The summed E-state index contributed by atoms with van der Waals surface area (Å²) in [6.45, 7) is 2.65. The second-order valence-corrected chi connectivity index (χ2v) is 5.42. The summed E-state index contributed by atoms with van der Waals surface area (Å²) in [5.74, 6) is -0.118. The smallest absolute Gasteiger partial charge is 0.328 e. The van der Waals surface area contributed by atoms with E-state index in [0.717, 1.165) is 12.1 Å². The predicted octanol–water partition coefficient (Wildman–Crippen LogP) is 2.72. The Bertz CT molecular complexity index is 414. The van der Waals surface area contributed by atoms with Gasteiger partial charge in [0.1, 0.15) is 5.54 Å². The van der Waals surface area contributed by atoms with Crippen molar-refractivity contribution in [1.82, 2.24) is 4.90 Å². The minimum atomic E-state index is -0.934. The van der Waals surface area contributed by atoms with Crippen molar-refractivity contribution in [2.24, 2.45) is 5.92 Å². The summed E-state index contributed by atoms with van der Waals surface area (Å²) in [6.07, 6.45) is 3.75. The third-order valence-corrected chi connectivity index (χ3v) is 4.27. The van der Waals surface area contributed by atoms with Crippen LogP contribution in [0.15, 0.2) is 30.3 Å². The Labute approximate surface area is 108 Å². The minimum absolute atomic E-state index is 0.664. The summed E-state index contributed by atoms with van der Waals surface area (Å²) in [5.41, 5.74) is -0.0871. The van der Waals surface area contributed by atoms with Crippen LogP contribution >= 0.6 is 0 Å². The van der Waals surface area contributed by atoms with Crippen LogP contribution in [0.5, 0.6) is 0 Å². The Morgan fingerprint density at radius 1 is 1.39 bits per heavy atom. The van der Waals surface area contributed by atoms with Crippen LogP contribution in [0.3, 0.4) is 0 Å². The first-order valence-corrected chi connectivity index (χ1v) is 6.55. The van der Waals surface area contributed by atoms with Crippen LogP contribution in [0.4, 0.5) is 0 Å². The molecule has 0 heterocycles. The van der Waals surface area contributed by atoms with Gasteiger partial charge in [-0.2, -0.15) is 0 Å². The van der Waals surface area contributed by atoms with Gasteiger partial charge in [-0.3, -0.25) is 4.90 Å². The van der Waals surface area contributed by atoms with Crippen LogP contribution < -0.4 is 0 Å². The molecule has 0 bridgehead atoms. The SMILES string of the molecule is CN(CC1CCC1)C(C)(C(=O)O)c1ccccc1. The lowest BCUT2D eigenvalue weighted by atomic mass is 9.83. The molecule has 98 valence electrons. The normalized spacial score (nSPS) is 19.3. The molecule has 0 aliphatic heterocycles. The first-order chi connectivity index (χ1) is 8.55. The molecule has 1 fully saturated rings. The molecule has 0 radical (unpaired) electrons. The van der Waals surface area contributed by atoms with E-state index in [2.05, 4.69) is 0 Å². The molecule has 1 aliphatic carbocycles. The average molecular weight is 247 g/mol. The van der Waals surface area contributed by atoms with Crippen LogP contribution in [-0.2, 0) is 10.3 Å². The van der Waals surface area contributed by atoms with Gasteiger partial charge in [-0.1, -0.05) is 36.8 Å². The fraction of sp³-hybridized carbons (Fsp3) is 0.533. The number of benzene rings is 1. The number of hydrogen-bond donors (Lipinski definition) is 1. The number of nitrogens with zero attached hydrogens (tertiary/aromatic N) is 1. The molecule has 18 heavy (non-hydrogen) atoms. The van der Waals surface area contributed by atoms with Crippen molar-refractivity contribution in [2.75, 3.05) is 13.6 Å². The molecule has 1 aliphatic rings. The van der Waals surface area contributed by atoms with E-state index in [4.69, 9.17) is 0 Å². The van der Waals surface area contributed by atoms with Gasteiger partial charge in [0.2, 0.25) is 0 Å². The highest BCUT2D eigenvalue weighted by Crippen LogP contribution is 2.33. The van der Waals surface area contributed by atoms with Crippen LogP contribution in [0.1, 0.15) is 31.7 Å². The molecule has 0 aromatic heterocycles. The Morgan fingerprint density at radius 3 is 2.44 bits per heavy atom. The minimum Gasteiger partial charge on any atom is -0.480 e. The number of hydrogen-bond acceptors (Lipinski definition) is 2. The second-order valence-electron chi connectivity index (χ2n) is 5.42. The van der Waals surface area contributed by atoms with Crippen LogP contribution in [-0.4, -0.2) is 29.6 Å². The maximum Gasteiger partial charge on any atom is 0.328 e. The summed E-state index contributed by atoms with van der Waals surface area (Å²) >= 11 is 0. The molecule has 3 nitrogen and oxygen atoms in total. The Balaban J connectivity index is 2.22. The molecule has 0 amide bonds. The highest BCUT2D eigenvalue weighted by Gasteiger charge is 2.40. The largest absolute Gasteiger partial charge is 0.480 e. The van der Waals surface area contributed by atoms with Gasteiger partial charge in [-0.25, -0.2) is 4.79 Å². The summed E-state index contributed by atoms with van der Waals surface area (Å²) < 4.78 is 0. The van der Waals surface area contributed by atoms with E-state index in [-0.39, 0.29) is 0 Å². The lowest BCUT2D eigenvalue weighted by Crippen LogP contribution is -2.50. The van der Waals surface area contributed by atoms with Crippen molar-refractivity contribution in [3.8, 4) is 0 Å². The maximum atomic E-state index is 11.7. The summed E-state index contributed by atoms with van der Waals surface area (Å²) in [5, 5.41) is 9.62. The highest BCUT2D eigenvalue weighted by atomic mass is 16.4. The first-order valence-electron chi connectivity index (χ1n) is 6.55. The van der Waals surface area contributed by atoms with Crippen molar-refractivity contribution in [3.63, 3.8) is 0 Å². The van der Waals surface area contributed by atoms with Gasteiger partial charge in [-0.15, -0.1) is 0 Å². The molecule has 1 aromatic rings. The molecule has 1 aromatic carbocycles. The molecule has 0 spiro atoms. The van der Waals surface area contributed by atoms with Crippen molar-refractivity contribution < 1.29 is 9.90 Å². The Morgan fingerprint density at radius 2 is 2.00 bits per heavy atom. The van der Waals surface area contributed by atoms with E-state index < -0.39 is 11.5 Å². The van der Waals surface area contributed by atoms with Crippen molar-refractivity contribution in [1.29, 1.82) is 0 Å². The molecule has 1 atom stereocenters. The van der Waals surface area contributed by atoms with Gasteiger partial charge in [0.15, 0.2) is 0 Å². The molecule has 2 rings (SSSR count). The fourth-order valence-corrected chi connectivity index (χ4v) is 2.52. The van der Waals surface area contributed by atoms with Gasteiger partial charge < -0.3 is 5.11 Å². The van der Waals surface area contributed by atoms with E-state index in [9.17, 15) is 9.90 Å². The fourth-order valence-electron chi connectivity index (χ4n) is 2.52. The summed E-state index contributed by atoms with van der Waals surface area (Å²) in [4.78, 5) is 13.7. The van der Waals surface area contributed by atoms with Crippen molar-refractivity contribution in [2.45, 2.75) is 31.7 Å². The molecular weight excluding hydrogens is 226 g/mol. The van der Waals surface area contributed by atoms with E-state index in [0.29, 0.717) is 5.92 Å². The van der Waals surface area contributed by atoms with E-state index in [1.54, 1.807) is 6.92 Å². The van der Waals surface area contributed by atoms with E-state index >= 15 is 0 Å². The van der Waals surface area contributed by atoms with E-state index in [1.165, 1.54) is 19.3 Å². The predicted molar refractivity (Wildman–Crippen MR) is 71.4 cm³/mol. The monoisotopic (exact) mass is 247 g/mol. The third-order valence-electron chi connectivity index (χ3n) is 4.27. The van der Waals surface area contributed by atoms with Crippen LogP contribution in [0, 0.1) is 5.92 Å². The van der Waals surface area contributed by atoms with E-state index in [1.807, 2.05) is 42.3 Å². The quantitative estimate of drug-likeness (QED) is 0.869. The maximum absolute atomic E-state index is 11.7. The zero-order valence-corrected chi connectivity index (χ0v) is 11.1. The zero-order chi connectivity index (χ0) is 13.2. The lowest BCUT2D eigenvalue weighted by molar-refractivity contribution is -0.151. The van der Waals surface area contributed by atoms with Crippen LogP contribution in [0.2, 0.25) is 0 Å². The summed E-state index contributed by atoms with van der Waals surface area (Å²) in [6, 6.07) is 9.50. The van der Waals surface area contributed by atoms with Crippen LogP contribution in [0.25, 0.3) is 0 Å². The topological polar surface area (TPSA) is 40.5 Å². The van der Waals surface area contributed by atoms with Gasteiger partial charge in [-0.05, 0) is 38.3 Å². The zero-order valence-electron chi connectivity index (χ0n) is 11.1. The Kier molecular flexibility index (Phi) is 3.71. The number of rotatable bonds is 5. The third kappa shape index (κ3) is 2.27. The Hall–Kier alpha value is -1.35. The van der Waals surface area contributed by atoms with Gasteiger partial charge in [0.25, 0.3) is 0 Å².